The van der Waals surface area contributed by atoms with Crippen LogP contribution in [0.25, 0.3) is 5.57 Å². The van der Waals surface area contributed by atoms with Crippen molar-refractivity contribution in [2.75, 3.05) is 33.4 Å². The van der Waals surface area contributed by atoms with Crippen LogP contribution < -0.4 is 4.74 Å². The fourth-order valence-corrected chi connectivity index (χ4v) is 4.97. The SMILES string of the molecule is CCCCCCCCCCN1C(=O)C(c2ccccc2OC)=C(N2CCCC(CO)C2)C1=O. The first-order valence-electron chi connectivity index (χ1n) is 12.7. The number of carbonyl (C=O) groups is 2. The molecule has 0 radical (unpaired) electrons. The van der Waals surface area contributed by atoms with Crippen LogP contribution in [0.2, 0.25) is 0 Å². The summed E-state index contributed by atoms with van der Waals surface area (Å²) in [6.45, 7) is 4.08. The maximum atomic E-state index is 13.5. The van der Waals surface area contributed by atoms with Gasteiger partial charge in [-0.1, -0.05) is 70.1 Å². The summed E-state index contributed by atoms with van der Waals surface area (Å²) in [5, 5.41) is 9.70. The molecular weight excluding hydrogens is 416 g/mol. The lowest BCUT2D eigenvalue weighted by Gasteiger charge is -2.34. The van der Waals surface area contributed by atoms with Gasteiger partial charge in [-0.15, -0.1) is 0 Å². The van der Waals surface area contributed by atoms with Gasteiger partial charge in [-0.25, -0.2) is 0 Å². The number of aliphatic hydroxyl groups is 1. The summed E-state index contributed by atoms with van der Waals surface area (Å²) < 4.78 is 5.53. The molecule has 6 nitrogen and oxygen atoms in total. The van der Waals surface area contributed by atoms with Gasteiger partial charge in [0.15, 0.2) is 0 Å². The number of hydrogen-bond donors (Lipinski definition) is 1. The first kappa shape index (κ1) is 25.3. The fraction of sp³-hybridized carbons (Fsp3) is 0.630. The topological polar surface area (TPSA) is 70.1 Å². The highest BCUT2D eigenvalue weighted by atomic mass is 16.5. The third-order valence-corrected chi connectivity index (χ3v) is 6.85. The predicted molar refractivity (Wildman–Crippen MR) is 131 cm³/mol. The summed E-state index contributed by atoms with van der Waals surface area (Å²) in [5.74, 6) is 0.279. The second kappa shape index (κ2) is 12.8. The number of rotatable bonds is 13. The number of hydrogen-bond acceptors (Lipinski definition) is 5. The van der Waals surface area contributed by atoms with Gasteiger partial charge in [-0.2, -0.15) is 0 Å². The predicted octanol–water partition coefficient (Wildman–Crippen LogP) is 4.62. The molecule has 0 aliphatic carbocycles. The average Bonchev–Trinajstić information content (AvgIpc) is 3.10. The Bertz CT molecular complexity index is 835. The smallest absolute Gasteiger partial charge is 0.277 e. The van der Waals surface area contributed by atoms with Gasteiger partial charge in [0.1, 0.15) is 11.4 Å². The molecule has 2 amide bonds. The number of carbonyl (C=O) groups excluding carboxylic acids is 2. The van der Waals surface area contributed by atoms with Gasteiger partial charge >= 0.3 is 0 Å². The van der Waals surface area contributed by atoms with Gasteiger partial charge in [-0.3, -0.25) is 14.5 Å². The van der Waals surface area contributed by atoms with E-state index in [-0.39, 0.29) is 24.3 Å². The Labute approximate surface area is 198 Å². The maximum absolute atomic E-state index is 13.5. The van der Waals surface area contributed by atoms with Crippen molar-refractivity contribution in [2.45, 2.75) is 71.1 Å². The number of nitrogens with zero attached hydrogens (tertiary/aromatic N) is 2. The number of unbranched alkanes of at least 4 members (excludes halogenated alkanes) is 7. The number of likely N-dealkylation sites (tertiary alicyclic amines) is 1. The third-order valence-electron chi connectivity index (χ3n) is 6.85. The van der Waals surface area contributed by atoms with E-state index in [2.05, 4.69) is 6.92 Å². The van der Waals surface area contributed by atoms with Crippen LogP contribution in [-0.4, -0.2) is 60.1 Å². The van der Waals surface area contributed by atoms with E-state index in [4.69, 9.17) is 4.74 Å². The van der Waals surface area contributed by atoms with Gasteiger partial charge < -0.3 is 14.7 Å². The van der Waals surface area contributed by atoms with Crippen molar-refractivity contribution in [3.05, 3.63) is 35.5 Å². The van der Waals surface area contributed by atoms with Crippen molar-refractivity contribution in [1.29, 1.82) is 0 Å². The summed E-state index contributed by atoms with van der Waals surface area (Å²) in [4.78, 5) is 30.5. The standard InChI is InChI=1S/C27H40N2O4/c1-3-4-5-6-7-8-9-12-18-29-26(31)24(22-15-10-11-16-23(22)33-2)25(27(29)32)28-17-13-14-21(19-28)20-30/h10-11,15-16,21,30H,3-9,12-14,17-20H2,1-2H3. The van der Waals surface area contributed by atoms with Crippen molar-refractivity contribution in [3.63, 3.8) is 0 Å². The van der Waals surface area contributed by atoms with Crippen LogP contribution in [0.3, 0.4) is 0 Å². The van der Waals surface area contributed by atoms with Crippen molar-refractivity contribution < 1.29 is 19.4 Å². The summed E-state index contributed by atoms with van der Waals surface area (Å²) in [6, 6.07) is 7.41. The van der Waals surface area contributed by atoms with E-state index in [0.29, 0.717) is 35.7 Å². The van der Waals surface area contributed by atoms with E-state index in [0.717, 1.165) is 38.6 Å². The number of para-hydroxylation sites is 1. The van der Waals surface area contributed by atoms with Gasteiger partial charge in [0, 0.05) is 31.8 Å². The zero-order valence-electron chi connectivity index (χ0n) is 20.4. The molecule has 2 aliphatic heterocycles. The highest BCUT2D eigenvalue weighted by Gasteiger charge is 2.42. The Morgan fingerprint density at radius 2 is 1.70 bits per heavy atom. The van der Waals surface area contributed by atoms with Crippen LogP contribution in [0.5, 0.6) is 5.75 Å². The minimum Gasteiger partial charge on any atom is -0.496 e. The van der Waals surface area contributed by atoms with Gasteiger partial charge in [0.2, 0.25) is 0 Å². The second-order valence-corrected chi connectivity index (χ2v) is 9.30. The lowest BCUT2D eigenvalue weighted by atomic mass is 9.96. The Hall–Kier alpha value is -2.34. The summed E-state index contributed by atoms with van der Waals surface area (Å²) in [6.07, 6.45) is 11.2. The molecule has 2 heterocycles. The number of piperidine rings is 1. The molecule has 33 heavy (non-hydrogen) atoms. The lowest BCUT2D eigenvalue weighted by Crippen LogP contribution is -2.40. The van der Waals surface area contributed by atoms with Crippen LogP contribution in [-0.2, 0) is 9.59 Å². The zero-order valence-corrected chi connectivity index (χ0v) is 20.4. The minimum atomic E-state index is -0.228. The van der Waals surface area contributed by atoms with E-state index in [1.54, 1.807) is 7.11 Å². The molecule has 2 aliphatic rings. The fourth-order valence-electron chi connectivity index (χ4n) is 4.97. The normalized spacial score (nSPS) is 19.1. The number of imide groups is 1. The van der Waals surface area contributed by atoms with Crippen LogP contribution in [0.1, 0.15) is 76.7 Å². The van der Waals surface area contributed by atoms with Crippen molar-refractivity contribution in [1.82, 2.24) is 9.80 Å². The molecule has 0 spiro atoms. The zero-order chi connectivity index (χ0) is 23.6. The highest BCUT2D eigenvalue weighted by molar-refractivity contribution is 6.36. The molecule has 1 aromatic rings. The lowest BCUT2D eigenvalue weighted by molar-refractivity contribution is -0.137. The van der Waals surface area contributed by atoms with Crippen molar-refractivity contribution in [3.8, 4) is 5.75 Å². The molecule has 0 saturated carbocycles. The molecule has 1 aromatic carbocycles. The molecule has 182 valence electrons. The monoisotopic (exact) mass is 456 g/mol. The Morgan fingerprint density at radius 3 is 2.39 bits per heavy atom. The van der Waals surface area contributed by atoms with Crippen LogP contribution in [0.15, 0.2) is 30.0 Å². The molecule has 6 heteroatoms. The number of aliphatic hydroxyl groups excluding tert-OH is 1. The summed E-state index contributed by atoms with van der Waals surface area (Å²) in [5.41, 5.74) is 1.58. The molecule has 1 fully saturated rings. The number of amides is 2. The van der Waals surface area contributed by atoms with Gasteiger partial charge in [-0.05, 0) is 31.2 Å². The summed E-state index contributed by atoms with van der Waals surface area (Å²) in [7, 11) is 1.58. The molecule has 0 aromatic heterocycles. The van der Waals surface area contributed by atoms with Gasteiger partial charge in [0.05, 0.1) is 12.7 Å². The van der Waals surface area contributed by atoms with E-state index in [9.17, 15) is 14.7 Å². The number of methoxy groups -OCH3 is 1. The van der Waals surface area contributed by atoms with Crippen LogP contribution in [0.4, 0.5) is 0 Å². The van der Waals surface area contributed by atoms with Gasteiger partial charge in [0.25, 0.3) is 11.8 Å². The van der Waals surface area contributed by atoms with E-state index < -0.39 is 0 Å². The Kier molecular flexibility index (Phi) is 9.79. The quantitative estimate of drug-likeness (QED) is 0.346. The molecule has 1 unspecified atom stereocenters. The maximum Gasteiger partial charge on any atom is 0.277 e. The molecule has 0 bridgehead atoms. The van der Waals surface area contributed by atoms with E-state index >= 15 is 0 Å². The molecule has 1 atom stereocenters. The molecule has 3 rings (SSSR count). The van der Waals surface area contributed by atoms with E-state index in [1.807, 2.05) is 29.2 Å². The highest BCUT2D eigenvalue weighted by Crippen LogP contribution is 2.37. The number of benzene rings is 1. The van der Waals surface area contributed by atoms with Crippen molar-refractivity contribution >= 4 is 17.4 Å². The van der Waals surface area contributed by atoms with Crippen LogP contribution >= 0.6 is 0 Å². The summed E-state index contributed by atoms with van der Waals surface area (Å²) >= 11 is 0. The largest absolute Gasteiger partial charge is 0.496 e. The van der Waals surface area contributed by atoms with Crippen LogP contribution in [0, 0.1) is 5.92 Å². The molecule has 1 saturated heterocycles. The third kappa shape index (κ3) is 6.17. The van der Waals surface area contributed by atoms with E-state index in [1.165, 1.54) is 37.0 Å². The first-order valence-corrected chi connectivity index (χ1v) is 12.7. The molecular formula is C27H40N2O4. The van der Waals surface area contributed by atoms with Crippen molar-refractivity contribution in [2.24, 2.45) is 5.92 Å². The Morgan fingerprint density at radius 1 is 1.00 bits per heavy atom. The minimum absolute atomic E-state index is 0.0951. The number of ether oxygens (including phenoxy) is 1. The first-order chi connectivity index (χ1) is 16.1. The molecule has 1 N–H and O–H groups in total. The Balaban J connectivity index is 1.75. The second-order valence-electron chi connectivity index (χ2n) is 9.30. The average molecular weight is 457 g/mol.